The number of carbonyl (C=O) groups excluding carboxylic acids is 6. The van der Waals surface area contributed by atoms with Crippen molar-refractivity contribution in [1.82, 2.24) is 14.7 Å². The van der Waals surface area contributed by atoms with Crippen molar-refractivity contribution in [1.29, 1.82) is 0 Å². The second-order valence-corrected chi connectivity index (χ2v) is 15.8. The predicted octanol–water partition coefficient (Wildman–Crippen LogP) is 4.91. The lowest BCUT2D eigenvalue weighted by atomic mass is 9.99. The SMILES string of the molecule is CC(C)[C@@H]1OC(=O)[C@@H](Cc2ccccc2)N(C)C(=O)[C@@H](C(C)C)OC(=O)[C@@H](Cc2ccccc2)N(C)C(=O)[C@@H](C(C)C)OC(=O)[C@@H](Cc2ccccc2)N(C)C1=O. The number of amides is 3. The van der Waals surface area contributed by atoms with Gasteiger partial charge in [0.15, 0.2) is 18.3 Å². The third-order valence-corrected chi connectivity index (χ3v) is 10.4. The van der Waals surface area contributed by atoms with Gasteiger partial charge in [0.2, 0.25) is 0 Å². The maximum absolute atomic E-state index is 14.4. The van der Waals surface area contributed by atoms with Crippen molar-refractivity contribution >= 4 is 35.6 Å². The van der Waals surface area contributed by atoms with Gasteiger partial charge >= 0.3 is 17.9 Å². The number of hydrogen-bond donors (Lipinski definition) is 0. The zero-order valence-electron chi connectivity index (χ0n) is 34.5. The van der Waals surface area contributed by atoms with Gasteiger partial charge in [-0.05, 0) is 34.4 Å². The van der Waals surface area contributed by atoms with Gasteiger partial charge in [-0.3, -0.25) is 14.4 Å². The summed E-state index contributed by atoms with van der Waals surface area (Å²) >= 11 is 0. The summed E-state index contributed by atoms with van der Waals surface area (Å²) in [5, 5.41) is 0. The quantitative estimate of drug-likeness (QED) is 0.219. The molecule has 0 aromatic heterocycles. The molecule has 3 amide bonds. The number of rotatable bonds is 9. The number of cyclic esters (lactones) is 3. The van der Waals surface area contributed by atoms with E-state index < -0.39 is 89.8 Å². The Morgan fingerprint density at radius 1 is 0.404 bits per heavy atom. The number of benzene rings is 3. The van der Waals surface area contributed by atoms with Gasteiger partial charge in [-0.25, -0.2) is 14.4 Å². The average molecular weight is 784 g/mol. The van der Waals surface area contributed by atoms with Gasteiger partial charge in [0.25, 0.3) is 17.7 Å². The predicted molar refractivity (Wildman–Crippen MR) is 214 cm³/mol. The van der Waals surface area contributed by atoms with Crippen LogP contribution in [-0.4, -0.2) is 108 Å². The molecule has 0 aliphatic carbocycles. The number of carbonyl (C=O) groups is 6. The number of likely N-dealkylation sites (N-methyl/N-ethyl adjacent to an activating group) is 3. The Hall–Kier alpha value is -5.52. The first-order valence-electron chi connectivity index (χ1n) is 19.5. The lowest BCUT2D eigenvalue weighted by Crippen LogP contribution is -2.56. The Morgan fingerprint density at radius 3 is 0.807 bits per heavy atom. The van der Waals surface area contributed by atoms with Gasteiger partial charge in [0.05, 0.1) is 0 Å². The summed E-state index contributed by atoms with van der Waals surface area (Å²) in [5.41, 5.74) is 2.16. The van der Waals surface area contributed by atoms with E-state index in [0.717, 1.165) is 16.7 Å². The van der Waals surface area contributed by atoms with Crippen LogP contribution >= 0.6 is 0 Å². The van der Waals surface area contributed by atoms with Gasteiger partial charge in [0, 0.05) is 40.4 Å². The number of nitrogens with zero attached hydrogens (tertiary/aromatic N) is 3. The highest BCUT2D eigenvalue weighted by Crippen LogP contribution is 2.24. The summed E-state index contributed by atoms with van der Waals surface area (Å²) in [6, 6.07) is 23.4. The molecular weight excluding hydrogens is 727 g/mol. The zero-order chi connectivity index (χ0) is 42.0. The first-order chi connectivity index (χ1) is 27.0. The minimum absolute atomic E-state index is 0.0307. The molecule has 0 spiro atoms. The lowest BCUT2D eigenvalue weighted by molar-refractivity contribution is -0.179. The Morgan fingerprint density at radius 2 is 0.614 bits per heavy atom. The molecule has 1 heterocycles. The molecule has 1 fully saturated rings. The minimum Gasteiger partial charge on any atom is -0.450 e. The van der Waals surface area contributed by atoms with E-state index in [1.807, 2.05) is 18.2 Å². The Kier molecular flexibility index (Phi) is 15.6. The molecule has 12 nitrogen and oxygen atoms in total. The molecule has 0 saturated carbocycles. The van der Waals surface area contributed by atoms with E-state index in [0.29, 0.717) is 0 Å². The van der Waals surface area contributed by atoms with Crippen molar-refractivity contribution in [2.45, 2.75) is 97.2 Å². The van der Waals surface area contributed by atoms with Crippen molar-refractivity contribution < 1.29 is 43.0 Å². The van der Waals surface area contributed by atoms with E-state index in [-0.39, 0.29) is 19.3 Å². The second-order valence-electron chi connectivity index (χ2n) is 15.8. The maximum Gasteiger partial charge on any atom is 0.329 e. The molecule has 1 aliphatic heterocycles. The molecule has 6 atom stereocenters. The first kappa shape index (κ1) is 44.2. The Labute approximate surface area is 336 Å². The monoisotopic (exact) mass is 783 g/mol. The van der Waals surface area contributed by atoms with Crippen LogP contribution in [0.15, 0.2) is 91.0 Å². The summed E-state index contributed by atoms with van der Waals surface area (Å²) in [6.45, 7) is 10.3. The van der Waals surface area contributed by atoms with Crippen LogP contribution in [-0.2, 0) is 62.2 Å². The summed E-state index contributed by atoms with van der Waals surface area (Å²) in [4.78, 5) is 89.9. The average Bonchev–Trinajstić information content (AvgIpc) is 3.19. The largest absolute Gasteiger partial charge is 0.450 e. The summed E-state index contributed by atoms with van der Waals surface area (Å²) < 4.78 is 18.1. The van der Waals surface area contributed by atoms with Crippen molar-refractivity contribution in [3.8, 4) is 0 Å². The summed E-state index contributed by atoms with van der Waals surface area (Å²) in [7, 11) is 4.31. The van der Waals surface area contributed by atoms with Crippen LogP contribution in [0.1, 0.15) is 58.2 Å². The summed E-state index contributed by atoms with van der Waals surface area (Å²) in [5.74, 6) is -6.18. The number of esters is 3. The lowest BCUT2D eigenvalue weighted by Gasteiger charge is -2.37. The topological polar surface area (TPSA) is 140 Å². The van der Waals surface area contributed by atoms with Crippen LogP contribution in [0, 0.1) is 17.8 Å². The standard InChI is InChI=1S/C45H57N3O9/c1-28(2)37-40(49)46(7)35(26-32-21-15-11-16-22-32)44(53)56-39(30(5)6)42(51)48(9)36(27-33-23-17-12-18-24-33)45(54)57-38(29(3)4)41(50)47(8)34(43(52)55-37)25-31-19-13-10-14-20-31/h10-24,28-30,34-39H,25-27H2,1-9H3/t34-,35-,36-,37-,38-,39+/m1/s1. The van der Waals surface area contributed by atoms with E-state index >= 15 is 0 Å². The van der Waals surface area contributed by atoms with E-state index in [2.05, 4.69) is 0 Å². The van der Waals surface area contributed by atoms with Crippen LogP contribution in [0.25, 0.3) is 0 Å². The Balaban J connectivity index is 1.88. The molecule has 3 aromatic rings. The highest BCUT2D eigenvalue weighted by molar-refractivity contribution is 5.94. The molecule has 0 N–H and O–H groups in total. The van der Waals surface area contributed by atoms with Crippen LogP contribution in [0.3, 0.4) is 0 Å². The van der Waals surface area contributed by atoms with Crippen LogP contribution in [0.4, 0.5) is 0 Å². The highest BCUT2D eigenvalue weighted by Gasteiger charge is 2.44. The van der Waals surface area contributed by atoms with Gasteiger partial charge in [-0.2, -0.15) is 0 Å². The van der Waals surface area contributed by atoms with Crippen molar-refractivity contribution in [3.05, 3.63) is 108 Å². The first-order valence-corrected chi connectivity index (χ1v) is 19.5. The third-order valence-electron chi connectivity index (χ3n) is 10.4. The molecule has 0 bridgehead atoms. The van der Waals surface area contributed by atoms with E-state index in [9.17, 15) is 28.8 Å². The molecule has 0 radical (unpaired) electrons. The van der Waals surface area contributed by atoms with Crippen LogP contribution in [0.2, 0.25) is 0 Å². The van der Waals surface area contributed by atoms with E-state index in [4.69, 9.17) is 14.2 Å². The molecule has 1 saturated heterocycles. The van der Waals surface area contributed by atoms with Crippen LogP contribution in [0.5, 0.6) is 0 Å². The van der Waals surface area contributed by atoms with Crippen LogP contribution < -0.4 is 0 Å². The van der Waals surface area contributed by atoms with Gasteiger partial charge in [-0.15, -0.1) is 0 Å². The zero-order valence-corrected chi connectivity index (χ0v) is 34.5. The molecule has 3 aromatic carbocycles. The third kappa shape index (κ3) is 11.3. The number of ether oxygens (including phenoxy) is 3. The van der Waals surface area contributed by atoms with Gasteiger partial charge in [0.1, 0.15) is 18.1 Å². The molecule has 4 rings (SSSR count). The molecule has 306 valence electrons. The molecular formula is C45H57N3O9. The fraction of sp³-hybridized carbons (Fsp3) is 0.467. The Bertz CT molecular complexity index is 1620. The highest BCUT2D eigenvalue weighted by atomic mass is 16.6. The fourth-order valence-corrected chi connectivity index (χ4v) is 6.74. The second kappa shape index (κ2) is 20.1. The maximum atomic E-state index is 14.4. The van der Waals surface area contributed by atoms with E-state index in [1.165, 1.54) is 35.8 Å². The molecule has 1 aliphatic rings. The van der Waals surface area contributed by atoms with Gasteiger partial charge in [-0.1, -0.05) is 133 Å². The van der Waals surface area contributed by atoms with Crippen molar-refractivity contribution in [2.24, 2.45) is 17.8 Å². The fourth-order valence-electron chi connectivity index (χ4n) is 6.74. The minimum atomic E-state index is -1.36. The molecule has 12 heteroatoms. The summed E-state index contributed by atoms with van der Waals surface area (Å²) in [6.07, 6.45) is -3.99. The van der Waals surface area contributed by atoms with Gasteiger partial charge < -0.3 is 28.9 Å². The van der Waals surface area contributed by atoms with Crippen molar-refractivity contribution in [3.63, 3.8) is 0 Å². The molecule has 57 heavy (non-hydrogen) atoms. The normalized spacial score (nSPS) is 23.7. The molecule has 0 unspecified atom stereocenters. The van der Waals surface area contributed by atoms with E-state index in [1.54, 1.807) is 114 Å². The number of hydrogen-bond acceptors (Lipinski definition) is 9. The van der Waals surface area contributed by atoms with Crippen molar-refractivity contribution in [2.75, 3.05) is 21.1 Å². The smallest absolute Gasteiger partial charge is 0.329 e.